The highest BCUT2D eigenvalue weighted by atomic mass is 79.9. The molecule has 0 aliphatic rings. The number of nitrogens with one attached hydrogen (secondary N) is 2. The fourth-order valence-electron chi connectivity index (χ4n) is 2.70. The van der Waals surface area contributed by atoms with Gasteiger partial charge in [-0.2, -0.15) is 0 Å². The van der Waals surface area contributed by atoms with Crippen molar-refractivity contribution in [1.29, 1.82) is 0 Å². The van der Waals surface area contributed by atoms with E-state index in [1.165, 1.54) is 5.56 Å². The molecule has 3 aromatic rings. The van der Waals surface area contributed by atoms with Gasteiger partial charge in [0, 0.05) is 5.56 Å². The van der Waals surface area contributed by atoms with E-state index < -0.39 is 11.8 Å². The molecular formula is C23H21BrN2O3. The number of amides is 2. The van der Waals surface area contributed by atoms with E-state index in [9.17, 15) is 9.59 Å². The van der Waals surface area contributed by atoms with Crippen LogP contribution in [0.1, 0.15) is 22.8 Å². The monoisotopic (exact) mass is 452 g/mol. The Kier molecular flexibility index (Phi) is 7.03. The summed E-state index contributed by atoms with van der Waals surface area (Å²) in [4.78, 5) is 24.2. The van der Waals surface area contributed by atoms with E-state index in [4.69, 9.17) is 4.74 Å². The first-order chi connectivity index (χ1) is 14.1. The second-order valence-corrected chi connectivity index (χ2v) is 7.21. The third-order valence-corrected chi connectivity index (χ3v) is 4.95. The molecule has 0 fully saturated rings. The van der Waals surface area contributed by atoms with Crippen LogP contribution in [0, 0.1) is 0 Å². The first kappa shape index (κ1) is 20.6. The van der Waals surface area contributed by atoms with Gasteiger partial charge in [0.05, 0.1) is 4.47 Å². The Bertz CT molecular complexity index is 989. The summed E-state index contributed by atoms with van der Waals surface area (Å²) in [5, 5.41) is 0. The van der Waals surface area contributed by atoms with E-state index in [2.05, 4.69) is 33.7 Å². The molecule has 0 atom stereocenters. The van der Waals surface area contributed by atoms with Crippen molar-refractivity contribution in [3.63, 3.8) is 0 Å². The molecule has 0 aliphatic heterocycles. The van der Waals surface area contributed by atoms with Gasteiger partial charge in [-0.1, -0.05) is 55.5 Å². The Morgan fingerprint density at radius 2 is 1.59 bits per heavy atom. The topological polar surface area (TPSA) is 67.4 Å². The number of hydrazine groups is 1. The zero-order valence-electron chi connectivity index (χ0n) is 15.9. The third-order valence-electron chi connectivity index (χ3n) is 4.33. The Balaban J connectivity index is 1.49. The molecule has 5 nitrogen and oxygen atoms in total. The first-order valence-corrected chi connectivity index (χ1v) is 10.0. The SMILES string of the molecule is CCc1ccc(OCC(=O)NNC(=O)c2ccc(-c3ccccc3)cc2)c(Br)c1. The van der Waals surface area contributed by atoms with Crippen LogP contribution in [0.5, 0.6) is 5.75 Å². The molecule has 0 aromatic heterocycles. The molecule has 0 saturated heterocycles. The lowest BCUT2D eigenvalue weighted by molar-refractivity contribution is -0.123. The van der Waals surface area contributed by atoms with Crippen molar-refractivity contribution < 1.29 is 14.3 Å². The maximum atomic E-state index is 12.2. The van der Waals surface area contributed by atoms with Crippen molar-refractivity contribution in [3.8, 4) is 16.9 Å². The lowest BCUT2D eigenvalue weighted by atomic mass is 10.0. The van der Waals surface area contributed by atoms with E-state index >= 15 is 0 Å². The van der Waals surface area contributed by atoms with Gasteiger partial charge in [-0.05, 0) is 63.3 Å². The number of benzene rings is 3. The highest BCUT2D eigenvalue weighted by Gasteiger charge is 2.10. The van der Waals surface area contributed by atoms with Crippen LogP contribution in [0.15, 0.2) is 77.3 Å². The predicted octanol–water partition coefficient (Wildman–Crippen LogP) is 4.52. The van der Waals surface area contributed by atoms with E-state index in [1.54, 1.807) is 12.1 Å². The lowest BCUT2D eigenvalue weighted by Crippen LogP contribution is -2.43. The van der Waals surface area contributed by atoms with Crippen LogP contribution in [0.4, 0.5) is 0 Å². The van der Waals surface area contributed by atoms with Crippen LogP contribution >= 0.6 is 15.9 Å². The number of carbonyl (C=O) groups is 2. The number of carbonyl (C=O) groups excluding carboxylic acids is 2. The maximum Gasteiger partial charge on any atom is 0.276 e. The summed E-state index contributed by atoms with van der Waals surface area (Å²) in [6.07, 6.45) is 0.914. The second-order valence-electron chi connectivity index (χ2n) is 6.35. The van der Waals surface area contributed by atoms with Gasteiger partial charge in [0.15, 0.2) is 6.61 Å². The van der Waals surface area contributed by atoms with Crippen molar-refractivity contribution >= 4 is 27.7 Å². The van der Waals surface area contributed by atoms with Crippen LogP contribution in [0.3, 0.4) is 0 Å². The number of aryl methyl sites for hydroxylation is 1. The molecule has 3 aromatic carbocycles. The van der Waals surface area contributed by atoms with Gasteiger partial charge in [-0.3, -0.25) is 20.4 Å². The average molecular weight is 453 g/mol. The molecule has 0 heterocycles. The average Bonchev–Trinajstić information content (AvgIpc) is 2.77. The summed E-state index contributed by atoms with van der Waals surface area (Å²) < 4.78 is 6.28. The fraction of sp³-hybridized carbons (Fsp3) is 0.130. The minimum Gasteiger partial charge on any atom is -0.483 e. The van der Waals surface area contributed by atoms with Gasteiger partial charge >= 0.3 is 0 Å². The number of halogens is 1. The normalized spacial score (nSPS) is 10.3. The fourth-order valence-corrected chi connectivity index (χ4v) is 3.24. The first-order valence-electron chi connectivity index (χ1n) is 9.22. The Labute approximate surface area is 178 Å². The summed E-state index contributed by atoms with van der Waals surface area (Å²) in [6, 6.07) is 22.8. The molecular weight excluding hydrogens is 432 g/mol. The second kappa shape index (κ2) is 9.89. The van der Waals surface area contributed by atoms with Crippen LogP contribution in [0.2, 0.25) is 0 Å². The molecule has 0 bridgehead atoms. The van der Waals surface area contributed by atoms with Gasteiger partial charge in [0.2, 0.25) is 0 Å². The van der Waals surface area contributed by atoms with Crippen molar-refractivity contribution in [3.05, 3.63) is 88.4 Å². The number of rotatable bonds is 6. The lowest BCUT2D eigenvalue weighted by Gasteiger charge is -2.11. The van der Waals surface area contributed by atoms with Crippen LogP contribution in [0.25, 0.3) is 11.1 Å². The highest BCUT2D eigenvalue weighted by molar-refractivity contribution is 9.10. The van der Waals surface area contributed by atoms with Crippen molar-refractivity contribution in [1.82, 2.24) is 10.9 Å². The standard InChI is InChI=1S/C23H21BrN2O3/c1-2-16-8-13-21(20(24)14-16)29-15-22(27)25-26-23(28)19-11-9-18(10-12-19)17-6-4-3-5-7-17/h3-14H,2,15H2,1H3,(H,25,27)(H,26,28). The summed E-state index contributed by atoms with van der Waals surface area (Å²) in [7, 11) is 0. The van der Waals surface area contributed by atoms with E-state index in [-0.39, 0.29) is 6.61 Å². The molecule has 2 N–H and O–H groups in total. The molecule has 3 rings (SSSR count). The molecule has 29 heavy (non-hydrogen) atoms. The summed E-state index contributed by atoms with van der Waals surface area (Å²) in [5.74, 6) is -0.280. The van der Waals surface area contributed by atoms with E-state index in [0.29, 0.717) is 11.3 Å². The highest BCUT2D eigenvalue weighted by Crippen LogP contribution is 2.26. The van der Waals surface area contributed by atoms with Crippen LogP contribution < -0.4 is 15.6 Å². The minimum absolute atomic E-state index is 0.211. The van der Waals surface area contributed by atoms with E-state index in [0.717, 1.165) is 22.0 Å². The van der Waals surface area contributed by atoms with Gasteiger partial charge in [-0.25, -0.2) is 0 Å². The molecule has 0 radical (unpaired) electrons. The van der Waals surface area contributed by atoms with Gasteiger partial charge in [0.1, 0.15) is 5.75 Å². The van der Waals surface area contributed by atoms with Gasteiger partial charge < -0.3 is 4.74 Å². The third kappa shape index (κ3) is 5.68. The van der Waals surface area contributed by atoms with Crippen LogP contribution in [-0.4, -0.2) is 18.4 Å². The Morgan fingerprint density at radius 3 is 2.24 bits per heavy atom. The zero-order chi connectivity index (χ0) is 20.6. The molecule has 6 heteroatoms. The van der Waals surface area contributed by atoms with Gasteiger partial charge in [-0.15, -0.1) is 0 Å². The zero-order valence-corrected chi connectivity index (χ0v) is 17.5. The largest absolute Gasteiger partial charge is 0.483 e. The number of hydrogen-bond acceptors (Lipinski definition) is 3. The number of hydrogen-bond donors (Lipinski definition) is 2. The van der Waals surface area contributed by atoms with Crippen molar-refractivity contribution in [2.24, 2.45) is 0 Å². The van der Waals surface area contributed by atoms with Crippen molar-refractivity contribution in [2.75, 3.05) is 6.61 Å². The molecule has 0 unspecified atom stereocenters. The van der Waals surface area contributed by atoms with Crippen LogP contribution in [-0.2, 0) is 11.2 Å². The Morgan fingerprint density at radius 1 is 0.897 bits per heavy atom. The quantitative estimate of drug-likeness (QED) is 0.540. The maximum absolute atomic E-state index is 12.2. The molecule has 0 spiro atoms. The Hall–Kier alpha value is -3.12. The van der Waals surface area contributed by atoms with Gasteiger partial charge in [0.25, 0.3) is 11.8 Å². The molecule has 148 valence electrons. The summed E-state index contributed by atoms with van der Waals surface area (Å²) in [6.45, 7) is 1.85. The smallest absolute Gasteiger partial charge is 0.276 e. The summed E-state index contributed by atoms with van der Waals surface area (Å²) >= 11 is 3.43. The molecule has 0 aliphatic carbocycles. The van der Waals surface area contributed by atoms with E-state index in [1.807, 2.05) is 60.7 Å². The predicted molar refractivity (Wildman–Crippen MR) is 117 cm³/mol. The molecule has 2 amide bonds. The minimum atomic E-state index is -0.453. The number of ether oxygens (including phenoxy) is 1. The molecule has 0 saturated carbocycles. The summed E-state index contributed by atoms with van der Waals surface area (Å²) in [5.41, 5.74) is 8.46. The van der Waals surface area contributed by atoms with Crippen molar-refractivity contribution in [2.45, 2.75) is 13.3 Å².